The lowest BCUT2D eigenvalue weighted by Crippen LogP contribution is -2.23. The molecule has 1 N–H and O–H groups in total. The molecule has 0 radical (unpaired) electrons. The zero-order chi connectivity index (χ0) is 15.1. The number of furan rings is 1. The molecule has 1 aromatic rings. The molecule has 0 atom stereocenters. The maximum Gasteiger partial charge on any atom is 0.130 e. The maximum absolute atomic E-state index is 5.77. The number of hydrogen-bond donors (Lipinski definition) is 1. The first kappa shape index (κ1) is 16.5. The van der Waals surface area contributed by atoms with E-state index >= 15 is 0 Å². The molecule has 120 valence electrons. The third kappa shape index (κ3) is 5.81. The van der Waals surface area contributed by atoms with Gasteiger partial charge in [-0.25, -0.2) is 0 Å². The third-order valence-electron chi connectivity index (χ3n) is 3.93. The van der Waals surface area contributed by atoms with Crippen molar-refractivity contribution >= 4 is 0 Å². The Labute approximate surface area is 128 Å². The Morgan fingerprint density at radius 1 is 1.33 bits per heavy atom. The van der Waals surface area contributed by atoms with Gasteiger partial charge < -0.3 is 19.4 Å². The number of likely N-dealkylation sites (tertiary alicyclic amines) is 1. The summed E-state index contributed by atoms with van der Waals surface area (Å²) in [6.07, 6.45) is 2.67. The van der Waals surface area contributed by atoms with Crippen LogP contribution in [0.4, 0.5) is 0 Å². The molecule has 1 aliphatic rings. The van der Waals surface area contributed by atoms with Gasteiger partial charge in [0.25, 0.3) is 0 Å². The van der Waals surface area contributed by atoms with Crippen LogP contribution < -0.4 is 5.32 Å². The van der Waals surface area contributed by atoms with E-state index in [0.717, 1.165) is 37.8 Å². The van der Waals surface area contributed by atoms with Gasteiger partial charge in [0.15, 0.2) is 0 Å². The highest BCUT2D eigenvalue weighted by molar-refractivity contribution is 5.20. The van der Waals surface area contributed by atoms with Crippen LogP contribution in [0.2, 0.25) is 0 Å². The fraction of sp³-hybridized carbons (Fsp3) is 0.765. The van der Waals surface area contributed by atoms with Crippen molar-refractivity contribution in [2.24, 2.45) is 5.92 Å². The second kappa shape index (κ2) is 8.57. The van der Waals surface area contributed by atoms with Crippen LogP contribution in [0.3, 0.4) is 0 Å². The lowest BCUT2D eigenvalue weighted by atomic mass is 10.2. The number of nitrogens with zero attached hydrogens (tertiary/aromatic N) is 1. The zero-order valence-electron chi connectivity index (χ0n) is 13.8. The van der Waals surface area contributed by atoms with Crippen molar-refractivity contribution < 1.29 is 9.15 Å². The van der Waals surface area contributed by atoms with Crippen molar-refractivity contribution in [3.63, 3.8) is 0 Å². The maximum atomic E-state index is 5.77. The van der Waals surface area contributed by atoms with Crippen LogP contribution in [-0.4, -0.2) is 37.7 Å². The molecule has 0 unspecified atom stereocenters. The molecule has 1 fully saturated rings. The van der Waals surface area contributed by atoms with Crippen molar-refractivity contribution in [2.45, 2.75) is 46.8 Å². The minimum Gasteiger partial charge on any atom is -0.464 e. The molecule has 0 saturated carbocycles. The Kier molecular flexibility index (Phi) is 6.74. The van der Waals surface area contributed by atoms with Gasteiger partial charge in [-0.15, -0.1) is 0 Å². The number of nitrogens with one attached hydrogen (secondary N) is 1. The molecule has 0 aromatic carbocycles. The first-order valence-electron chi connectivity index (χ1n) is 8.24. The summed E-state index contributed by atoms with van der Waals surface area (Å²) in [6, 6.07) is 2.12. The van der Waals surface area contributed by atoms with Crippen molar-refractivity contribution in [1.82, 2.24) is 10.2 Å². The average Bonchev–Trinajstić information content (AvgIpc) is 3.05. The number of rotatable bonds is 9. The minimum absolute atomic E-state index is 0.582. The Balaban J connectivity index is 1.66. The Morgan fingerprint density at radius 3 is 2.81 bits per heavy atom. The monoisotopic (exact) mass is 294 g/mol. The highest BCUT2D eigenvalue weighted by Gasteiger charge is 2.11. The van der Waals surface area contributed by atoms with Gasteiger partial charge in [0.05, 0.1) is 6.61 Å². The summed E-state index contributed by atoms with van der Waals surface area (Å²) in [5.41, 5.74) is 1.24. The van der Waals surface area contributed by atoms with Gasteiger partial charge in [0.2, 0.25) is 0 Å². The first-order valence-corrected chi connectivity index (χ1v) is 8.24. The quantitative estimate of drug-likeness (QED) is 0.711. The summed E-state index contributed by atoms with van der Waals surface area (Å²) in [4.78, 5) is 2.47. The largest absolute Gasteiger partial charge is 0.464 e. The van der Waals surface area contributed by atoms with Gasteiger partial charge in [0, 0.05) is 18.7 Å². The van der Waals surface area contributed by atoms with Crippen LogP contribution in [0.1, 0.15) is 43.8 Å². The Morgan fingerprint density at radius 2 is 2.10 bits per heavy atom. The molecule has 2 heterocycles. The van der Waals surface area contributed by atoms with Crippen molar-refractivity contribution in [3.05, 3.63) is 23.2 Å². The van der Waals surface area contributed by atoms with Gasteiger partial charge in [-0.2, -0.15) is 0 Å². The molecular weight excluding hydrogens is 264 g/mol. The normalized spacial score (nSPS) is 16.2. The number of ether oxygens (including phenoxy) is 1. The topological polar surface area (TPSA) is 37.6 Å². The van der Waals surface area contributed by atoms with Gasteiger partial charge in [0.1, 0.15) is 18.1 Å². The van der Waals surface area contributed by atoms with E-state index in [4.69, 9.17) is 9.15 Å². The van der Waals surface area contributed by atoms with E-state index in [1.54, 1.807) is 0 Å². The Bertz CT molecular complexity index is 409. The van der Waals surface area contributed by atoms with Crippen LogP contribution >= 0.6 is 0 Å². The molecule has 4 nitrogen and oxygen atoms in total. The highest BCUT2D eigenvalue weighted by atomic mass is 16.5. The van der Waals surface area contributed by atoms with E-state index in [-0.39, 0.29) is 0 Å². The van der Waals surface area contributed by atoms with Crippen molar-refractivity contribution in [1.29, 1.82) is 0 Å². The summed E-state index contributed by atoms with van der Waals surface area (Å²) in [7, 11) is 0. The van der Waals surface area contributed by atoms with Crippen LogP contribution in [0.25, 0.3) is 0 Å². The van der Waals surface area contributed by atoms with Gasteiger partial charge in [-0.3, -0.25) is 0 Å². The molecule has 0 bridgehead atoms. The summed E-state index contributed by atoms with van der Waals surface area (Å²) in [6.45, 7) is 13.3. The lowest BCUT2D eigenvalue weighted by molar-refractivity contribution is 0.0870. The third-order valence-corrected chi connectivity index (χ3v) is 3.93. The molecular formula is C17H30N2O2. The van der Waals surface area contributed by atoms with E-state index in [2.05, 4.69) is 30.1 Å². The summed E-state index contributed by atoms with van der Waals surface area (Å²) < 4.78 is 11.5. The average molecular weight is 294 g/mol. The predicted octanol–water partition coefficient (Wildman–Crippen LogP) is 2.95. The summed E-state index contributed by atoms with van der Waals surface area (Å²) in [5, 5.41) is 3.45. The van der Waals surface area contributed by atoms with Crippen molar-refractivity contribution in [3.8, 4) is 0 Å². The number of aryl methyl sites for hydroxylation is 1. The lowest BCUT2D eigenvalue weighted by Gasteiger charge is -2.13. The summed E-state index contributed by atoms with van der Waals surface area (Å²) in [5.74, 6) is 2.62. The zero-order valence-corrected chi connectivity index (χ0v) is 13.8. The summed E-state index contributed by atoms with van der Waals surface area (Å²) >= 11 is 0. The fourth-order valence-electron chi connectivity index (χ4n) is 2.70. The minimum atomic E-state index is 0.582. The van der Waals surface area contributed by atoms with Crippen molar-refractivity contribution in [2.75, 3.05) is 32.8 Å². The molecule has 0 amide bonds. The molecule has 1 aliphatic heterocycles. The molecule has 1 saturated heterocycles. The van der Waals surface area contributed by atoms with E-state index in [9.17, 15) is 0 Å². The molecule has 21 heavy (non-hydrogen) atoms. The smallest absolute Gasteiger partial charge is 0.130 e. The molecule has 0 aliphatic carbocycles. The molecule has 2 rings (SSSR count). The SMILES string of the molecule is Cc1oc(COCCN2CCCC2)cc1CNCC(C)C. The molecule has 0 spiro atoms. The van der Waals surface area contributed by atoms with Crippen LogP contribution in [0.15, 0.2) is 10.5 Å². The second-order valence-electron chi connectivity index (χ2n) is 6.42. The second-order valence-corrected chi connectivity index (χ2v) is 6.42. The van der Waals surface area contributed by atoms with E-state index in [1.807, 2.05) is 6.92 Å². The standard InChI is InChI=1S/C17H30N2O2/c1-14(2)11-18-12-16-10-17(21-15(16)3)13-20-9-8-19-6-4-5-7-19/h10,14,18H,4-9,11-13H2,1-3H3. The molecule has 1 aromatic heterocycles. The predicted molar refractivity (Wildman–Crippen MR) is 85.3 cm³/mol. The van der Waals surface area contributed by atoms with Crippen LogP contribution in [-0.2, 0) is 17.9 Å². The van der Waals surface area contributed by atoms with Crippen LogP contribution in [0, 0.1) is 12.8 Å². The highest BCUT2D eigenvalue weighted by Crippen LogP contribution is 2.15. The van der Waals surface area contributed by atoms with E-state index in [0.29, 0.717) is 12.5 Å². The van der Waals surface area contributed by atoms with Gasteiger partial charge >= 0.3 is 0 Å². The molecule has 4 heteroatoms. The van der Waals surface area contributed by atoms with Gasteiger partial charge in [-0.05, 0) is 51.4 Å². The van der Waals surface area contributed by atoms with Gasteiger partial charge in [-0.1, -0.05) is 13.8 Å². The first-order chi connectivity index (χ1) is 10.1. The van der Waals surface area contributed by atoms with Crippen LogP contribution in [0.5, 0.6) is 0 Å². The Hall–Kier alpha value is -0.840. The number of hydrogen-bond acceptors (Lipinski definition) is 4. The fourth-order valence-corrected chi connectivity index (χ4v) is 2.70. The van der Waals surface area contributed by atoms with E-state index in [1.165, 1.54) is 31.5 Å². The van der Waals surface area contributed by atoms with E-state index < -0.39 is 0 Å².